The average Bonchev–Trinajstić information content (AvgIpc) is 2.54. The highest BCUT2D eigenvalue weighted by atomic mass is 16.5. The fourth-order valence-electron chi connectivity index (χ4n) is 2.85. The van der Waals surface area contributed by atoms with Crippen LogP contribution in [0.25, 0.3) is 0 Å². The molecule has 0 bridgehead atoms. The number of carbonyl (C=O) groups excluding carboxylic acids is 1. The van der Waals surface area contributed by atoms with Crippen LogP contribution in [0, 0.1) is 12.3 Å². The lowest BCUT2D eigenvalue weighted by Gasteiger charge is -2.39. The number of ether oxygens (including phenoxy) is 2. The molecule has 6 nitrogen and oxygen atoms in total. The summed E-state index contributed by atoms with van der Waals surface area (Å²) in [5.74, 6) is -0.495. The molecule has 1 fully saturated rings. The first-order chi connectivity index (χ1) is 11.0. The lowest BCUT2D eigenvalue weighted by atomic mass is 9.80. The van der Waals surface area contributed by atoms with E-state index in [1.54, 1.807) is 4.90 Å². The van der Waals surface area contributed by atoms with Crippen LogP contribution in [-0.2, 0) is 14.3 Å². The van der Waals surface area contributed by atoms with Crippen molar-refractivity contribution in [2.45, 2.75) is 19.8 Å². The predicted molar refractivity (Wildman–Crippen MR) is 84.4 cm³/mol. The summed E-state index contributed by atoms with van der Waals surface area (Å²) in [5, 5.41) is 9.50. The molecule has 2 rings (SSSR count). The second kappa shape index (κ2) is 7.46. The normalized spacial score (nSPS) is 21.0. The Morgan fingerprint density at radius 3 is 2.61 bits per heavy atom. The third-order valence-corrected chi connectivity index (χ3v) is 4.19. The van der Waals surface area contributed by atoms with E-state index in [1.165, 1.54) is 7.11 Å². The van der Waals surface area contributed by atoms with E-state index < -0.39 is 11.4 Å². The van der Waals surface area contributed by atoms with Gasteiger partial charge in [-0.2, -0.15) is 0 Å². The van der Waals surface area contributed by atoms with Crippen molar-refractivity contribution < 1.29 is 24.2 Å². The number of hydrogen-bond donors (Lipinski definition) is 1. The maximum Gasteiger partial charge on any atom is 0.313 e. The smallest absolute Gasteiger partial charge is 0.313 e. The van der Waals surface area contributed by atoms with Crippen LogP contribution in [0.4, 0.5) is 0 Å². The first-order valence-electron chi connectivity index (χ1n) is 7.66. The number of hydrogen-bond acceptors (Lipinski definition) is 4. The minimum absolute atomic E-state index is 0.0915. The van der Waals surface area contributed by atoms with Crippen LogP contribution in [-0.4, -0.2) is 55.3 Å². The van der Waals surface area contributed by atoms with Gasteiger partial charge in [0.2, 0.25) is 0 Å². The highest BCUT2D eigenvalue weighted by molar-refractivity contribution is 5.80. The van der Waals surface area contributed by atoms with Crippen molar-refractivity contribution >= 4 is 11.9 Å². The van der Waals surface area contributed by atoms with E-state index in [0.717, 1.165) is 5.56 Å². The standard InChI is InChI=1S/C17H23NO5/c1-13-4-6-14(7-5-13)23-10-15(19)18-9-3-8-17(11-18,12-22-2)16(20)21/h4-7H,3,8-12H2,1-2H3,(H,20,21). The van der Waals surface area contributed by atoms with Crippen LogP contribution in [0.1, 0.15) is 18.4 Å². The number of aryl methyl sites for hydroxylation is 1. The molecule has 126 valence electrons. The summed E-state index contributed by atoms with van der Waals surface area (Å²) < 4.78 is 10.6. The van der Waals surface area contributed by atoms with Crippen molar-refractivity contribution in [1.29, 1.82) is 0 Å². The van der Waals surface area contributed by atoms with Gasteiger partial charge in [-0.15, -0.1) is 0 Å². The van der Waals surface area contributed by atoms with E-state index in [-0.39, 0.29) is 25.7 Å². The third-order valence-electron chi connectivity index (χ3n) is 4.19. The molecule has 1 saturated heterocycles. The van der Waals surface area contributed by atoms with E-state index in [4.69, 9.17) is 9.47 Å². The first kappa shape index (κ1) is 17.3. The topological polar surface area (TPSA) is 76.1 Å². The molecule has 1 unspecified atom stereocenters. The summed E-state index contributed by atoms with van der Waals surface area (Å²) >= 11 is 0. The molecule has 0 saturated carbocycles. The molecule has 23 heavy (non-hydrogen) atoms. The molecular weight excluding hydrogens is 298 g/mol. The zero-order valence-electron chi connectivity index (χ0n) is 13.6. The summed E-state index contributed by atoms with van der Waals surface area (Å²) in [4.78, 5) is 25.5. The van der Waals surface area contributed by atoms with Crippen molar-refractivity contribution in [2.24, 2.45) is 5.41 Å². The lowest BCUT2D eigenvalue weighted by molar-refractivity contribution is -0.159. The average molecular weight is 321 g/mol. The molecule has 1 aliphatic heterocycles. The maximum atomic E-state index is 12.3. The number of piperidine rings is 1. The molecule has 1 aromatic carbocycles. The molecule has 0 aliphatic carbocycles. The Bertz CT molecular complexity index is 553. The summed E-state index contributed by atoms with van der Waals surface area (Å²) in [6, 6.07) is 7.44. The molecule has 1 aliphatic rings. The van der Waals surface area contributed by atoms with Crippen molar-refractivity contribution in [3.05, 3.63) is 29.8 Å². The van der Waals surface area contributed by atoms with Gasteiger partial charge in [-0.25, -0.2) is 0 Å². The van der Waals surface area contributed by atoms with Crippen molar-refractivity contribution in [3.8, 4) is 5.75 Å². The highest BCUT2D eigenvalue weighted by Crippen LogP contribution is 2.31. The van der Waals surface area contributed by atoms with Gasteiger partial charge >= 0.3 is 5.97 Å². The molecule has 0 radical (unpaired) electrons. The molecule has 6 heteroatoms. The minimum Gasteiger partial charge on any atom is -0.484 e. The van der Waals surface area contributed by atoms with Crippen molar-refractivity contribution in [1.82, 2.24) is 4.90 Å². The van der Waals surface area contributed by atoms with Gasteiger partial charge in [0, 0.05) is 20.2 Å². The minimum atomic E-state index is -1.02. The van der Waals surface area contributed by atoms with Crippen molar-refractivity contribution in [3.63, 3.8) is 0 Å². The quantitative estimate of drug-likeness (QED) is 0.863. The molecular formula is C17H23NO5. The van der Waals surface area contributed by atoms with Crippen LogP contribution in [0.3, 0.4) is 0 Å². The number of amides is 1. The van der Waals surface area contributed by atoms with Gasteiger partial charge in [0.25, 0.3) is 5.91 Å². The largest absolute Gasteiger partial charge is 0.484 e. The number of carboxylic acid groups (broad SMARTS) is 1. The summed E-state index contributed by atoms with van der Waals surface area (Å²) in [6.45, 7) is 2.70. The van der Waals surface area contributed by atoms with E-state index in [0.29, 0.717) is 25.1 Å². The van der Waals surface area contributed by atoms with Crippen LogP contribution < -0.4 is 4.74 Å². The SMILES string of the molecule is COCC1(C(=O)O)CCCN(C(=O)COc2ccc(C)cc2)C1. The van der Waals surface area contributed by atoms with Crippen LogP contribution in [0.5, 0.6) is 5.75 Å². The fraction of sp³-hybridized carbons (Fsp3) is 0.529. The van der Waals surface area contributed by atoms with E-state index >= 15 is 0 Å². The van der Waals surface area contributed by atoms with Crippen LogP contribution in [0.15, 0.2) is 24.3 Å². The van der Waals surface area contributed by atoms with Crippen LogP contribution in [0.2, 0.25) is 0 Å². The first-order valence-corrected chi connectivity index (χ1v) is 7.66. The molecule has 1 amide bonds. The number of carbonyl (C=O) groups is 2. The second-order valence-electron chi connectivity index (χ2n) is 6.04. The van der Waals surface area contributed by atoms with Gasteiger partial charge in [0.15, 0.2) is 6.61 Å². The number of aliphatic carboxylic acids is 1. The van der Waals surface area contributed by atoms with Crippen molar-refractivity contribution in [2.75, 3.05) is 33.4 Å². The van der Waals surface area contributed by atoms with E-state index in [1.807, 2.05) is 31.2 Å². The Kier molecular flexibility index (Phi) is 5.60. The van der Waals surface area contributed by atoms with Gasteiger partial charge in [0.05, 0.1) is 6.61 Å². The molecule has 0 aromatic heterocycles. The van der Waals surface area contributed by atoms with Gasteiger partial charge in [-0.1, -0.05) is 17.7 Å². The van der Waals surface area contributed by atoms with Gasteiger partial charge in [0.1, 0.15) is 11.2 Å². The van der Waals surface area contributed by atoms with Gasteiger partial charge in [-0.3, -0.25) is 9.59 Å². The van der Waals surface area contributed by atoms with Gasteiger partial charge in [-0.05, 0) is 31.9 Å². The van der Waals surface area contributed by atoms with Crippen LogP contribution >= 0.6 is 0 Å². The second-order valence-corrected chi connectivity index (χ2v) is 6.04. The number of carboxylic acids is 1. The number of likely N-dealkylation sites (tertiary alicyclic amines) is 1. The zero-order chi connectivity index (χ0) is 16.9. The van der Waals surface area contributed by atoms with E-state index in [2.05, 4.69) is 0 Å². The zero-order valence-corrected chi connectivity index (χ0v) is 13.6. The molecule has 1 N–H and O–H groups in total. The molecule has 1 atom stereocenters. The molecule has 1 heterocycles. The fourth-order valence-corrected chi connectivity index (χ4v) is 2.85. The summed E-state index contributed by atoms with van der Waals surface area (Å²) in [5.41, 5.74) is 0.0949. The Morgan fingerprint density at radius 1 is 1.30 bits per heavy atom. The highest BCUT2D eigenvalue weighted by Gasteiger charge is 2.43. The maximum absolute atomic E-state index is 12.3. The Balaban J connectivity index is 1.96. The third kappa shape index (κ3) is 4.22. The number of nitrogens with zero attached hydrogens (tertiary/aromatic N) is 1. The summed E-state index contributed by atoms with van der Waals surface area (Å²) in [7, 11) is 1.48. The summed E-state index contributed by atoms with van der Waals surface area (Å²) in [6.07, 6.45) is 1.16. The predicted octanol–water partition coefficient (Wildman–Crippen LogP) is 1.71. The monoisotopic (exact) mass is 321 g/mol. The lowest BCUT2D eigenvalue weighted by Crippen LogP contribution is -2.53. The number of benzene rings is 1. The molecule has 0 spiro atoms. The Morgan fingerprint density at radius 2 is 2.00 bits per heavy atom. The molecule has 1 aromatic rings. The Labute approximate surface area is 136 Å². The number of methoxy groups -OCH3 is 1. The van der Waals surface area contributed by atoms with E-state index in [9.17, 15) is 14.7 Å². The number of rotatable bonds is 6. The van der Waals surface area contributed by atoms with Gasteiger partial charge < -0.3 is 19.5 Å². The Hall–Kier alpha value is -2.08.